The van der Waals surface area contributed by atoms with Crippen molar-refractivity contribution in [1.29, 1.82) is 0 Å². The summed E-state index contributed by atoms with van der Waals surface area (Å²) in [5, 5.41) is 9.82. The Balaban J connectivity index is 2.99. The molecule has 1 rings (SSSR count). The summed E-state index contributed by atoms with van der Waals surface area (Å²) in [6, 6.07) is 4.20. The number of nitrogens with one attached hydrogen (secondary N) is 4. The second kappa shape index (κ2) is 16.9. The van der Waals surface area contributed by atoms with Gasteiger partial charge in [-0.05, 0) is 46.1 Å². The highest BCUT2D eigenvalue weighted by Gasteiger charge is 2.32. The third-order valence-electron chi connectivity index (χ3n) is 6.09. The van der Waals surface area contributed by atoms with Gasteiger partial charge in [0, 0.05) is 0 Å². The molecule has 0 unspecified atom stereocenters. The SMILES string of the molecule is CC[C@H](C)[C@H](NC(=O)[C@H](C)NC(=O)[C@H](CC(=O)OCc1ccccc1)NC(=O)[C@@H](C)NC(=O)OC(C)(C)C)C(=O)OC. The summed E-state index contributed by atoms with van der Waals surface area (Å²) in [6.45, 7) is 11.3. The smallest absolute Gasteiger partial charge is 0.408 e. The lowest BCUT2D eigenvalue weighted by molar-refractivity contribution is -0.148. The molecule has 13 heteroatoms. The molecule has 0 aliphatic carbocycles. The molecule has 0 aliphatic heterocycles. The number of rotatable bonds is 14. The Morgan fingerprint density at radius 3 is 1.93 bits per heavy atom. The zero-order valence-corrected chi connectivity index (χ0v) is 25.6. The number of carbonyl (C=O) groups excluding carboxylic acids is 6. The van der Waals surface area contributed by atoms with E-state index in [-0.39, 0.29) is 12.5 Å². The van der Waals surface area contributed by atoms with Gasteiger partial charge in [0.05, 0.1) is 13.5 Å². The highest BCUT2D eigenvalue weighted by atomic mass is 16.6. The fraction of sp³-hybridized carbons (Fsp3) is 0.586. The lowest BCUT2D eigenvalue weighted by atomic mass is 9.99. The molecule has 0 spiro atoms. The van der Waals surface area contributed by atoms with Gasteiger partial charge in [0.1, 0.15) is 36.4 Å². The Morgan fingerprint density at radius 2 is 1.38 bits per heavy atom. The molecule has 4 N–H and O–H groups in total. The van der Waals surface area contributed by atoms with E-state index in [4.69, 9.17) is 14.2 Å². The van der Waals surface area contributed by atoms with Crippen LogP contribution in [0.3, 0.4) is 0 Å². The maximum atomic E-state index is 13.2. The number of amides is 4. The van der Waals surface area contributed by atoms with E-state index in [1.54, 1.807) is 58.0 Å². The van der Waals surface area contributed by atoms with E-state index in [2.05, 4.69) is 21.3 Å². The van der Waals surface area contributed by atoms with Gasteiger partial charge >= 0.3 is 18.0 Å². The minimum absolute atomic E-state index is 0.0537. The molecule has 234 valence electrons. The van der Waals surface area contributed by atoms with Crippen LogP contribution in [-0.4, -0.2) is 72.6 Å². The van der Waals surface area contributed by atoms with Crippen molar-refractivity contribution in [1.82, 2.24) is 21.3 Å². The minimum Gasteiger partial charge on any atom is -0.467 e. The fourth-order valence-corrected chi connectivity index (χ4v) is 3.47. The Bertz CT molecular complexity index is 1090. The summed E-state index contributed by atoms with van der Waals surface area (Å²) >= 11 is 0. The van der Waals surface area contributed by atoms with Crippen LogP contribution in [0.2, 0.25) is 0 Å². The number of carbonyl (C=O) groups is 6. The van der Waals surface area contributed by atoms with Crippen molar-refractivity contribution in [3.63, 3.8) is 0 Å². The van der Waals surface area contributed by atoms with Crippen LogP contribution in [-0.2, 0) is 44.8 Å². The second-order valence-corrected chi connectivity index (χ2v) is 10.9. The zero-order chi connectivity index (χ0) is 32.0. The lowest BCUT2D eigenvalue weighted by Crippen LogP contribution is -2.57. The van der Waals surface area contributed by atoms with Crippen LogP contribution in [0.25, 0.3) is 0 Å². The third kappa shape index (κ3) is 13.0. The van der Waals surface area contributed by atoms with E-state index < -0.39 is 71.9 Å². The summed E-state index contributed by atoms with van der Waals surface area (Å²) in [5.41, 5.74) is -0.0817. The van der Waals surface area contributed by atoms with Crippen LogP contribution in [0.15, 0.2) is 30.3 Å². The summed E-state index contributed by atoms with van der Waals surface area (Å²) in [6.07, 6.45) is -0.828. The van der Waals surface area contributed by atoms with Crippen LogP contribution >= 0.6 is 0 Å². The number of alkyl carbamates (subject to hydrolysis) is 1. The zero-order valence-electron chi connectivity index (χ0n) is 25.6. The quantitative estimate of drug-likeness (QED) is 0.185. The summed E-state index contributed by atoms with van der Waals surface area (Å²) < 4.78 is 15.2. The molecule has 1 aromatic carbocycles. The number of hydrogen-bond donors (Lipinski definition) is 4. The molecule has 0 aliphatic rings. The minimum atomic E-state index is -1.45. The van der Waals surface area contributed by atoms with Crippen LogP contribution in [0.4, 0.5) is 4.79 Å². The van der Waals surface area contributed by atoms with Gasteiger partial charge in [0.25, 0.3) is 0 Å². The van der Waals surface area contributed by atoms with Gasteiger partial charge in [0.15, 0.2) is 0 Å². The number of hydrogen-bond acceptors (Lipinski definition) is 9. The molecule has 0 radical (unpaired) electrons. The molecule has 0 bridgehead atoms. The third-order valence-corrected chi connectivity index (χ3v) is 6.09. The standard InChI is InChI=1S/C29H44N4O9/c1-9-17(2)23(27(38)40-8)33-25(36)18(3)30-26(37)21(15-22(34)41-16-20-13-11-10-12-14-20)32-24(35)19(4)31-28(39)42-29(5,6)7/h10-14,17-19,21,23H,9,15-16H2,1-8H3,(H,30,37)(H,31,39)(H,32,35)(H,33,36)/t17-,18-,19+,21-,23-/m0/s1. The highest BCUT2D eigenvalue weighted by Crippen LogP contribution is 2.10. The largest absolute Gasteiger partial charge is 0.467 e. The first-order valence-corrected chi connectivity index (χ1v) is 13.8. The molecule has 0 heterocycles. The van der Waals surface area contributed by atoms with Gasteiger partial charge in [-0.2, -0.15) is 0 Å². The molecular formula is C29H44N4O9. The van der Waals surface area contributed by atoms with Crippen LogP contribution in [0.5, 0.6) is 0 Å². The Morgan fingerprint density at radius 1 is 0.810 bits per heavy atom. The second-order valence-electron chi connectivity index (χ2n) is 10.9. The molecule has 0 saturated carbocycles. The van der Waals surface area contributed by atoms with Crippen LogP contribution in [0.1, 0.15) is 66.9 Å². The van der Waals surface area contributed by atoms with Crippen molar-refractivity contribution in [2.75, 3.05) is 7.11 Å². The first-order chi connectivity index (χ1) is 19.6. The Kier molecular flexibility index (Phi) is 14.5. The van der Waals surface area contributed by atoms with E-state index in [0.29, 0.717) is 6.42 Å². The molecule has 5 atom stereocenters. The maximum absolute atomic E-state index is 13.2. The predicted octanol–water partition coefficient (Wildman–Crippen LogP) is 1.73. The molecule has 13 nitrogen and oxygen atoms in total. The average molecular weight is 593 g/mol. The first kappa shape index (κ1) is 35.9. The van der Waals surface area contributed by atoms with E-state index in [1.165, 1.54) is 21.0 Å². The highest BCUT2D eigenvalue weighted by molar-refractivity contribution is 5.96. The number of methoxy groups -OCH3 is 1. The topological polar surface area (TPSA) is 178 Å². The van der Waals surface area contributed by atoms with Crippen molar-refractivity contribution < 1.29 is 43.0 Å². The summed E-state index contributed by atoms with van der Waals surface area (Å²) in [4.78, 5) is 75.7. The first-order valence-electron chi connectivity index (χ1n) is 13.8. The van der Waals surface area contributed by atoms with Crippen molar-refractivity contribution >= 4 is 35.8 Å². The van der Waals surface area contributed by atoms with Crippen molar-refractivity contribution in [2.24, 2.45) is 5.92 Å². The molecule has 0 aromatic heterocycles. The Labute approximate surface area is 246 Å². The lowest BCUT2D eigenvalue weighted by Gasteiger charge is -2.26. The molecule has 1 aromatic rings. The monoisotopic (exact) mass is 592 g/mol. The van der Waals surface area contributed by atoms with Gasteiger partial charge in [-0.15, -0.1) is 0 Å². The van der Waals surface area contributed by atoms with Gasteiger partial charge < -0.3 is 35.5 Å². The van der Waals surface area contributed by atoms with Gasteiger partial charge in [0.2, 0.25) is 17.7 Å². The van der Waals surface area contributed by atoms with Crippen LogP contribution < -0.4 is 21.3 Å². The molecule has 42 heavy (non-hydrogen) atoms. The summed E-state index contributed by atoms with van der Waals surface area (Å²) in [5.74, 6) is -3.96. The average Bonchev–Trinajstić information content (AvgIpc) is 2.92. The van der Waals surface area contributed by atoms with Crippen molar-refractivity contribution in [2.45, 2.75) is 97.7 Å². The molecule has 0 saturated heterocycles. The van der Waals surface area contributed by atoms with Crippen molar-refractivity contribution in [3.05, 3.63) is 35.9 Å². The van der Waals surface area contributed by atoms with Gasteiger partial charge in [-0.1, -0.05) is 50.6 Å². The number of ether oxygens (including phenoxy) is 3. The Hall–Kier alpha value is -4.16. The van der Waals surface area contributed by atoms with E-state index in [1.807, 2.05) is 6.92 Å². The maximum Gasteiger partial charge on any atom is 0.408 e. The van der Waals surface area contributed by atoms with E-state index in [9.17, 15) is 28.8 Å². The molecule has 0 fully saturated rings. The molecule has 4 amide bonds. The number of benzene rings is 1. The van der Waals surface area contributed by atoms with E-state index >= 15 is 0 Å². The fourth-order valence-electron chi connectivity index (χ4n) is 3.47. The normalized spacial score (nSPS) is 14.6. The summed E-state index contributed by atoms with van der Waals surface area (Å²) in [7, 11) is 1.21. The number of esters is 2. The molecular weight excluding hydrogens is 548 g/mol. The van der Waals surface area contributed by atoms with Crippen LogP contribution in [0, 0.1) is 5.92 Å². The van der Waals surface area contributed by atoms with Gasteiger partial charge in [-0.3, -0.25) is 19.2 Å². The van der Waals surface area contributed by atoms with Gasteiger partial charge in [-0.25, -0.2) is 9.59 Å². The van der Waals surface area contributed by atoms with Crippen molar-refractivity contribution in [3.8, 4) is 0 Å². The van der Waals surface area contributed by atoms with E-state index in [0.717, 1.165) is 5.56 Å². The predicted molar refractivity (Wildman–Crippen MR) is 153 cm³/mol.